The predicted octanol–water partition coefficient (Wildman–Crippen LogP) is 1.18. The Morgan fingerprint density at radius 1 is 1.07 bits per heavy atom. The number of hydrogen-bond donors (Lipinski definition) is 2. The number of rotatable bonds is 6. The van der Waals surface area contributed by atoms with E-state index in [1.165, 1.54) is 0 Å². The van der Waals surface area contributed by atoms with Crippen LogP contribution in [0.5, 0.6) is 0 Å². The van der Waals surface area contributed by atoms with Crippen LogP contribution in [0.25, 0.3) is 0 Å². The van der Waals surface area contributed by atoms with Gasteiger partial charge in [-0.05, 0) is 24.1 Å². The van der Waals surface area contributed by atoms with E-state index in [4.69, 9.17) is 5.73 Å². The second-order valence-corrected chi connectivity index (χ2v) is 6.78. The number of carbonyl (C=O) groups is 2. The van der Waals surface area contributed by atoms with Crippen molar-refractivity contribution in [3.63, 3.8) is 0 Å². The molecule has 7 heteroatoms. The second-order valence-electron chi connectivity index (χ2n) is 6.78. The number of primary amides is 1. The topological polar surface area (TPSA) is 91.6 Å². The molecule has 0 atom stereocenters. The molecular formula is C20H25N5O2. The lowest BCUT2D eigenvalue weighted by Gasteiger charge is -2.35. The monoisotopic (exact) mass is 367 g/mol. The van der Waals surface area contributed by atoms with Gasteiger partial charge in [0.15, 0.2) is 0 Å². The molecule has 1 aliphatic heterocycles. The summed E-state index contributed by atoms with van der Waals surface area (Å²) in [7, 11) is 0. The molecule has 1 saturated heterocycles. The lowest BCUT2D eigenvalue weighted by Crippen LogP contribution is -2.49. The van der Waals surface area contributed by atoms with E-state index in [0.29, 0.717) is 12.2 Å². The molecule has 3 N–H and O–H groups in total. The lowest BCUT2D eigenvalue weighted by atomic mass is 10.1. The zero-order chi connectivity index (χ0) is 19.2. The first-order chi connectivity index (χ1) is 13.0. The Labute approximate surface area is 159 Å². The van der Waals surface area contributed by atoms with E-state index in [1.807, 2.05) is 54.3 Å². The smallest absolute Gasteiger partial charge is 0.231 e. The largest absolute Gasteiger partial charge is 0.369 e. The van der Waals surface area contributed by atoms with Crippen molar-refractivity contribution in [2.75, 3.05) is 42.9 Å². The van der Waals surface area contributed by atoms with E-state index < -0.39 is 0 Å². The molecule has 0 radical (unpaired) electrons. The molecule has 0 aliphatic carbocycles. The molecule has 0 saturated carbocycles. The van der Waals surface area contributed by atoms with E-state index in [1.54, 1.807) is 0 Å². The minimum Gasteiger partial charge on any atom is -0.369 e. The summed E-state index contributed by atoms with van der Waals surface area (Å²) < 4.78 is 0. The maximum absolute atomic E-state index is 12.3. The van der Waals surface area contributed by atoms with Crippen LogP contribution < -0.4 is 16.0 Å². The van der Waals surface area contributed by atoms with Gasteiger partial charge < -0.3 is 16.0 Å². The minimum absolute atomic E-state index is 0.0882. The summed E-state index contributed by atoms with van der Waals surface area (Å²) >= 11 is 0. The van der Waals surface area contributed by atoms with Gasteiger partial charge in [-0.2, -0.15) is 0 Å². The minimum atomic E-state index is -0.305. The molecule has 7 nitrogen and oxygen atoms in total. The highest BCUT2D eigenvalue weighted by molar-refractivity contribution is 5.91. The Morgan fingerprint density at radius 2 is 1.78 bits per heavy atom. The number of hydrogen-bond acceptors (Lipinski definition) is 5. The molecule has 1 fully saturated rings. The van der Waals surface area contributed by atoms with Gasteiger partial charge in [-0.1, -0.05) is 36.4 Å². The Kier molecular flexibility index (Phi) is 6.03. The zero-order valence-corrected chi connectivity index (χ0v) is 15.5. The fourth-order valence-electron chi connectivity index (χ4n) is 3.21. The molecule has 1 aliphatic rings. The highest BCUT2D eigenvalue weighted by atomic mass is 16.2. The fraction of sp³-hybridized carbons (Fsp3) is 0.350. The van der Waals surface area contributed by atoms with Gasteiger partial charge in [0.25, 0.3) is 0 Å². The van der Waals surface area contributed by atoms with Gasteiger partial charge in [-0.25, -0.2) is 4.98 Å². The normalized spacial score (nSPS) is 14.8. The SMILES string of the molecule is Cc1ccc(NC(=O)Cc2ccccc2)nc1N1CCN(CC(N)=O)CC1. The van der Waals surface area contributed by atoms with E-state index >= 15 is 0 Å². The molecule has 2 heterocycles. The Balaban J connectivity index is 1.62. The van der Waals surface area contributed by atoms with Crippen LogP contribution in [-0.2, 0) is 16.0 Å². The summed E-state index contributed by atoms with van der Waals surface area (Å²) in [6.07, 6.45) is 0.317. The Hall–Kier alpha value is -2.93. The molecule has 142 valence electrons. The van der Waals surface area contributed by atoms with E-state index in [-0.39, 0.29) is 18.4 Å². The van der Waals surface area contributed by atoms with Gasteiger partial charge in [0.05, 0.1) is 13.0 Å². The number of carbonyl (C=O) groups excluding carboxylic acids is 2. The van der Waals surface area contributed by atoms with Crippen LogP contribution in [0, 0.1) is 6.92 Å². The van der Waals surface area contributed by atoms with Crippen LogP contribution in [0.1, 0.15) is 11.1 Å². The molecule has 1 aromatic carbocycles. The summed E-state index contributed by atoms with van der Waals surface area (Å²) in [6.45, 7) is 5.35. The van der Waals surface area contributed by atoms with Gasteiger partial charge in [-0.15, -0.1) is 0 Å². The summed E-state index contributed by atoms with van der Waals surface area (Å²) in [6, 6.07) is 13.4. The summed E-state index contributed by atoms with van der Waals surface area (Å²) in [4.78, 5) is 32.2. The van der Waals surface area contributed by atoms with E-state index in [2.05, 4.69) is 15.2 Å². The quantitative estimate of drug-likeness (QED) is 0.800. The maximum atomic E-state index is 12.3. The van der Waals surface area contributed by atoms with Crippen LogP contribution in [0.4, 0.5) is 11.6 Å². The molecule has 2 amide bonds. The number of nitrogens with zero attached hydrogens (tertiary/aromatic N) is 3. The van der Waals surface area contributed by atoms with Crippen molar-refractivity contribution in [3.05, 3.63) is 53.6 Å². The van der Waals surface area contributed by atoms with Crippen molar-refractivity contribution >= 4 is 23.5 Å². The van der Waals surface area contributed by atoms with Crippen LogP contribution in [0.15, 0.2) is 42.5 Å². The summed E-state index contributed by atoms with van der Waals surface area (Å²) in [5.74, 6) is 1.03. The molecular weight excluding hydrogens is 342 g/mol. The second kappa shape index (κ2) is 8.64. The van der Waals surface area contributed by atoms with E-state index in [0.717, 1.165) is 43.1 Å². The first-order valence-corrected chi connectivity index (χ1v) is 9.08. The zero-order valence-electron chi connectivity index (χ0n) is 15.5. The lowest BCUT2D eigenvalue weighted by molar-refractivity contribution is -0.119. The van der Waals surface area contributed by atoms with Crippen LogP contribution >= 0.6 is 0 Å². The third-order valence-electron chi connectivity index (χ3n) is 4.60. The molecule has 0 unspecified atom stereocenters. The number of anilines is 2. The Bertz CT molecular complexity index is 801. The molecule has 1 aromatic heterocycles. The molecule has 0 spiro atoms. The van der Waals surface area contributed by atoms with Crippen molar-refractivity contribution in [1.29, 1.82) is 0 Å². The number of benzene rings is 1. The standard InChI is InChI=1S/C20H25N5O2/c1-15-7-8-18(22-19(27)13-16-5-3-2-4-6-16)23-20(15)25-11-9-24(10-12-25)14-17(21)26/h2-8H,9-14H2,1H3,(H2,21,26)(H,22,23,27). The molecule has 3 rings (SSSR count). The summed E-state index contributed by atoms with van der Waals surface area (Å²) in [5.41, 5.74) is 7.29. The first kappa shape index (κ1) is 18.8. The van der Waals surface area contributed by atoms with Crippen molar-refractivity contribution in [2.24, 2.45) is 5.73 Å². The maximum Gasteiger partial charge on any atom is 0.231 e. The van der Waals surface area contributed by atoms with Gasteiger partial charge in [-0.3, -0.25) is 14.5 Å². The van der Waals surface area contributed by atoms with Crippen LogP contribution in [-0.4, -0.2) is 54.4 Å². The van der Waals surface area contributed by atoms with Crippen LogP contribution in [0.3, 0.4) is 0 Å². The Morgan fingerprint density at radius 3 is 2.44 bits per heavy atom. The highest BCUT2D eigenvalue weighted by Gasteiger charge is 2.20. The molecule has 0 bridgehead atoms. The van der Waals surface area contributed by atoms with Gasteiger partial charge in [0, 0.05) is 26.2 Å². The van der Waals surface area contributed by atoms with Gasteiger partial charge >= 0.3 is 0 Å². The number of nitrogens with two attached hydrogens (primary N) is 1. The number of aryl methyl sites for hydroxylation is 1. The van der Waals surface area contributed by atoms with Gasteiger partial charge in [0.1, 0.15) is 11.6 Å². The number of piperazine rings is 1. The van der Waals surface area contributed by atoms with Crippen LogP contribution in [0.2, 0.25) is 0 Å². The van der Waals surface area contributed by atoms with Crippen molar-refractivity contribution < 1.29 is 9.59 Å². The number of pyridine rings is 1. The predicted molar refractivity (Wildman–Crippen MR) is 106 cm³/mol. The number of amides is 2. The molecule has 27 heavy (non-hydrogen) atoms. The fourth-order valence-corrected chi connectivity index (χ4v) is 3.21. The van der Waals surface area contributed by atoms with Gasteiger partial charge in [0.2, 0.25) is 11.8 Å². The van der Waals surface area contributed by atoms with Crippen molar-refractivity contribution in [1.82, 2.24) is 9.88 Å². The average Bonchev–Trinajstić information content (AvgIpc) is 2.64. The van der Waals surface area contributed by atoms with E-state index in [9.17, 15) is 9.59 Å². The first-order valence-electron chi connectivity index (χ1n) is 9.08. The third-order valence-corrected chi connectivity index (χ3v) is 4.60. The molecule has 2 aromatic rings. The number of aromatic nitrogens is 1. The average molecular weight is 367 g/mol. The van der Waals surface area contributed by atoms with Crippen molar-refractivity contribution in [2.45, 2.75) is 13.3 Å². The summed E-state index contributed by atoms with van der Waals surface area (Å²) in [5, 5.41) is 2.88. The number of nitrogens with one attached hydrogen (secondary N) is 1. The highest BCUT2D eigenvalue weighted by Crippen LogP contribution is 2.21. The third kappa shape index (κ3) is 5.27. The van der Waals surface area contributed by atoms with Crippen molar-refractivity contribution in [3.8, 4) is 0 Å².